The summed E-state index contributed by atoms with van der Waals surface area (Å²) in [4.78, 5) is 15.9. The number of carbonyl (C=O) groups is 1. The SMILES string of the molecule is Cn1ccc(C2CCCCCN2C(=O)Cc2cccs2)n1. The Labute approximate surface area is 129 Å². The Morgan fingerprint density at radius 3 is 3.00 bits per heavy atom. The van der Waals surface area contributed by atoms with Crippen LogP contribution >= 0.6 is 11.3 Å². The van der Waals surface area contributed by atoms with Crippen molar-refractivity contribution < 1.29 is 4.79 Å². The first kappa shape index (κ1) is 14.3. The smallest absolute Gasteiger partial charge is 0.228 e. The molecule has 1 unspecified atom stereocenters. The highest BCUT2D eigenvalue weighted by Gasteiger charge is 2.28. The molecule has 3 heterocycles. The number of hydrogen-bond acceptors (Lipinski definition) is 3. The maximum Gasteiger partial charge on any atom is 0.228 e. The van der Waals surface area contributed by atoms with E-state index in [0.29, 0.717) is 6.42 Å². The van der Waals surface area contributed by atoms with Gasteiger partial charge in [0.1, 0.15) is 0 Å². The molecule has 4 nitrogen and oxygen atoms in total. The molecule has 21 heavy (non-hydrogen) atoms. The van der Waals surface area contributed by atoms with Gasteiger partial charge < -0.3 is 4.90 Å². The highest BCUT2D eigenvalue weighted by Crippen LogP contribution is 2.29. The topological polar surface area (TPSA) is 38.1 Å². The van der Waals surface area contributed by atoms with E-state index in [9.17, 15) is 4.79 Å². The summed E-state index contributed by atoms with van der Waals surface area (Å²) in [6.07, 6.45) is 6.96. The molecular formula is C16H21N3OS. The van der Waals surface area contributed by atoms with Crippen LogP contribution in [0.15, 0.2) is 29.8 Å². The lowest BCUT2D eigenvalue weighted by Crippen LogP contribution is -2.36. The van der Waals surface area contributed by atoms with Gasteiger partial charge in [0, 0.05) is 24.7 Å². The highest BCUT2D eigenvalue weighted by atomic mass is 32.1. The Morgan fingerprint density at radius 1 is 1.38 bits per heavy atom. The molecule has 3 rings (SSSR count). The van der Waals surface area contributed by atoms with Crippen LogP contribution in [0.5, 0.6) is 0 Å². The lowest BCUT2D eigenvalue weighted by atomic mass is 10.1. The first-order valence-corrected chi connectivity index (χ1v) is 8.43. The van der Waals surface area contributed by atoms with Gasteiger partial charge in [0.25, 0.3) is 0 Å². The summed E-state index contributed by atoms with van der Waals surface area (Å²) in [6, 6.07) is 6.23. The fourth-order valence-corrected chi connectivity index (χ4v) is 3.68. The van der Waals surface area contributed by atoms with Crippen LogP contribution in [0.25, 0.3) is 0 Å². The second kappa shape index (κ2) is 6.43. The van der Waals surface area contributed by atoms with E-state index >= 15 is 0 Å². The molecule has 1 amide bonds. The van der Waals surface area contributed by atoms with Crippen LogP contribution in [0.4, 0.5) is 0 Å². The molecule has 0 bridgehead atoms. The average molecular weight is 303 g/mol. The maximum atomic E-state index is 12.7. The summed E-state index contributed by atoms with van der Waals surface area (Å²) in [5, 5.41) is 6.56. The Kier molecular flexibility index (Phi) is 4.39. The number of aryl methyl sites for hydroxylation is 1. The third-order valence-electron chi connectivity index (χ3n) is 4.05. The van der Waals surface area contributed by atoms with Crippen molar-refractivity contribution in [3.05, 3.63) is 40.3 Å². The van der Waals surface area contributed by atoms with E-state index in [1.807, 2.05) is 41.5 Å². The molecule has 1 saturated heterocycles. The molecule has 0 spiro atoms. The number of amides is 1. The van der Waals surface area contributed by atoms with Crippen molar-refractivity contribution in [3.8, 4) is 0 Å². The maximum absolute atomic E-state index is 12.7. The fourth-order valence-electron chi connectivity index (χ4n) is 2.99. The quantitative estimate of drug-likeness (QED) is 0.873. The van der Waals surface area contributed by atoms with Crippen LogP contribution in [0.3, 0.4) is 0 Å². The van der Waals surface area contributed by atoms with E-state index in [2.05, 4.69) is 10.00 Å². The Morgan fingerprint density at radius 2 is 2.29 bits per heavy atom. The van der Waals surface area contributed by atoms with Gasteiger partial charge in [0.05, 0.1) is 18.2 Å². The van der Waals surface area contributed by atoms with Crippen molar-refractivity contribution in [2.75, 3.05) is 6.54 Å². The first-order valence-electron chi connectivity index (χ1n) is 7.55. The number of likely N-dealkylation sites (tertiary alicyclic amines) is 1. The minimum absolute atomic E-state index is 0.140. The van der Waals surface area contributed by atoms with Gasteiger partial charge in [-0.15, -0.1) is 11.3 Å². The van der Waals surface area contributed by atoms with Crippen LogP contribution in [-0.4, -0.2) is 27.1 Å². The molecule has 112 valence electrons. The van der Waals surface area contributed by atoms with Gasteiger partial charge in [-0.2, -0.15) is 5.10 Å². The second-order valence-electron chi connectivity index (χ2n) is 5.62. The number of hydrogen-bond donors (Lipinski definition) is 0. The molecule has 0 saturated carbocycles. The molecule has 0 aromatic carbocycles. The average Bonchev–Trinajstić information content (AvgIpc) is 3.05. The molecule has 5 heteroatoms. The van der Waals surface area contributed by atoms with Gasteiger partial charge in [-0.1, -0.05) is 18.9 Å². The molecule has 0 aliphatic carbocycles. The molecule has 1 atom stereocenters. The number of rotatable bonds is 3. The molecule has 1 aliphatic heterocycles. The molecule has 2 aromatic heterocycles. The summed E-state index contributed by atoms with van der Waals surface area (Å²) in [7, 11) is 1.93. The third-order valence-corrected chi connectivity index (χ3v) is 4.93. The van der Waals surface area contributed by atoms with E-state index < -0.39 is 0 Å². The number of nitrogens with zero attached hydrogens (tertiary/aromatic N) is 3. The molecule has 2 aromatic rings. The molecule has 1 fully saturated rings. The zero-order chi connectivity index (χ0) is 14.7. The molecule has 1 aliphatic rings. The van der Waals surface area contributed by atoms with E-state index in [1.54, 1.807) is 11.3 Å². The van der Waals surface area contributed by atoms with Gasteiger partial charge in [-0.25, -0.2) is 0 Å². The van der Waals surface area contributed by atoms with Crippen LogP contribution in [0.1, 0.15) is 42.3 Å². The molecule has 0 radical (unpaired) electrons. The van der Waals surface area contributed by atoms with Crippen LogP contribution in [-0.2, 0) is 18.3 Å². The van der Waals surface area contributed by atoms with Gasteiger partial charge in [-0.05, 0) is 30.4 Å². The van der Waals surface area contributed by atoms with E-state index in [0.717, 1.165) is 30.0 Å². The zero-order valence-electron chi connectivity index (χ0n) is 12.4. The van der Waals surface area contributed by atoms with Crippen molar-refractivity contribution in [1.82, 2.24) is 14.7 Å². The van der Waals surface area contributed by atoms with Gasteiger partial charge >= 0.3 is 0 Å². The predicted molar refractivity (Wildman–Crippen MR) is 84.2 cm³/mol. The van der Waals surface area contributed by atoms with E-state index in [1.165, 1.54) is 12.8 Å². The van der Waals surface area contributed by atoms with Gasteiger partial charge in [0.15, 0.2) is 0 Å². The summed E-state index contributed by atoms with van der Waals surface area (Å²) in [6.45, 7) is 0.853. The Hall–Kier alpha value is -1.62. The normalized spacial score (nSPS) is 19.5. The lowest BCUT2D eigenvalue weighted by Gasteiger charge is -2.29. The van der Waals surface area contributed by atoms with Crippen LogP contribution in [0, 0.1) is 0 Å². The fraction of sp³-hybridized carbons (Fsp3) is 0.500. The standard InChI is InChI=1S/C16H21N3OS/c1-18-10-8-14(17-18)15-7-3-2-4-9-19(15)16(20)12-13-6-5-11-21-13/h5-6,8,10-11,15H,2-4,7,9,12H2,1H3. The Balaban J connectivity index is 1.79. The first-order chi connectivity index (χ1) is 10.2. The minimum atomic E-state index is 0.140. The second-order valence-corrected chi connectivity index (χ2v) is 6.65. The summed E-state index contributed by atoms with van der Waals surface area (Å²) in [5.74, 6) is 0.231. The van der Waals surface area contributed by atoms with Gasteiger partial charge in [0.2, 0.25) is 5.91 Å². The molecular weight excluding hydrogens is 282 g/mol. The van der Waals surface area contributed by atoms with E-state index in [4.69, 9.17) is 0 Å². The summed E-state index contributed by atoms with van der Waals surface area (Å²) in [5.41, 5.74) is 1.03. The largest absolute Gasteiger partial charge is 0.334 e. The van der Waals surface area contributed by atoms with Crippen molar-refractivity contribution >= 4 is 17.2 Å². The van der Waals surface area contributed by atoms with Crippen molar-refractivity contribution in [2.24, 2.45) is 7.05 Å². The summed E-state index contributed by atoms with van der Waals surface area (Å²) >= 11 is 1.65. The lowest BCUT2D eigenvalue weighted by molar-refractivity contribution is -0.133. The summed E-state index contributed by atoms with van der Waals surface area (Å²) < 4.78 is 1.82. The van der Waals surface area contributed by atoms with Crippen molar-refractivity contribution in [1.29, 1.82) is 0 Å². The van der Waals surface area contributed by atoms with Gasteiger partial charge in [-0.3, -0.25) is 9.48 Å². The monoisotopic (exact) mass is 303 g/mol. The minimum Gasteiger partial charge on any atom is -0.334 e. The third kappa shape index (κ3) is 3.35. The number of thiophene rings is 1. The highest BCUT2D eigenvalue weighted by molar-refractivity contribution is 7.10. The molecule has 0 N–H and O–H groups in total. The van der Waals surface area contributed by atoms with Crippen LogP contribution in [0.2, 0.25) is 0 Å². The number of aromatic nitrogens is 2. The van der Waals surface area contributed by atoms with Crippen molar-refractivity contribution in [3.63, 3.8) is 0 Å². The van der Waals surface area contributed by atoms with E-state index in [-0.39, 0.29) is 11.9 Å². The van der Waals surface area contributed by atoms with Crippen molar-refractivity contribution in [2.45, 2.75) is 38.1 Å². The predicted octanol–water partition coefficient (Wildman–Crippen LogP) is 3.17. The zero-order valence-corrected chi connectivity index (χ0v) is 13.2. The Bertz CT molecular complexity index is 590. The van der Waals surface area contributed by atoms with Crippen LogP contribution < -0.4 is 0 Å². The number of carbonyl (C=O) groups excluding carboxylic acids is 1.